The van der Waals surface area contributed by atoms with Crippen molar-refractivity contribution >= 4 is 5.97 Å². The van der Waals surface area contributed by atoms with Gasteiger partial charge in [0.15, 0.2) is 5.60 Å². The average Bonchev–Trinajstić information content (AvgIpc) is 3.11. The first-order valence-corrected chi connectivity index (χ1v) is 7.67. The predicted octanol–water partition coefficient (Wildman–Crippen LogP) is 3.69. The minimum Gasteiger partial charge on any atom is -0.455 e. The topological polar surface area (TPSA) is 38.8 Å². The number of rotatable bonds is 3. The van der Waals surface area contributed by atoms with E-state index in [1.54, 1.807) is 12.1 Å². The Morgan fingerprint density at radius 2 is 1.73 bits per heavy atom. The molecule has 3 nitrogen and oxygen atoms in total. The average molecular weight is 294 g/mol. The van der Waals surface area contributed by atoms with Gasteiger partial charge in [0.1, 0.15) is 11.7 Å². The summed E-state index contributed by atoms with van der Waals surface area (Å²) in [5, 5.41) is 0. The Bertz CT molecular complexity index is 697. The van der Waals surface area contributed by atoms with Gasteiger partial charge in [0.25, 0.3) is 0 Å². The van der Waals surface area contributed by atoms with Crippen molar-refractivity contribution in [3.05, 3.63) is 71.8 Å². The van der Waals surface area contributed by atoms with Crippen LogP contribution >= 0.6 is 0 Å². The summed E-state index contributed by atoms with van der Waals surface area (Å²) in [5.41, 5.74) is 0.995. The molecular weight excluding hydrogens is 276 g/mol. The van der Waals surface area contributed by atoms with Crippen molar-refractivity contribution in [2.45, 2.75) is 37.1 Å². The van der Waals surface area contributed by atoms with Crippen molar-refractivity contribution in [1.82, 2.24) is 0 Å². The van der Waals surface area contributed by atoms with Crippen LogP contribution in [0, 0.1) is 0 Å². The number of carbonyl (C=O) groups excluding carboxylic acids is 1. The van der Waals surface area contributed by atoms with E-state index < -0.39 is 5.60 Å². The van der Waals surface area contributed by atoms with E-state index in [1.807, 2.05) is 36.4 Å². The van der Waals surface area contributed by atoms with Gasteiger partial charge in [0, 0.05) is 0 Å². The molecule has 1 saturated heterocycles. The summed E-state index contributed by atoms with van der Waals surface area (Å²) in [6, 6.07) is 19.2. The van der Waals surface area contributed by atoms with Crippen LogP contribution in [-0.4, -0.2) is 17.7 Å². The summed E-state index contributed by atoms with van der Waals surface area (Å²) < 4.78 is 11.9. The van der Waals surface area contributed by atoms with Gasteiger partial charge in [-0.1, -0.05) is 48.5 Å². The molecule has 2 aromatic carbocycles. The molecule has 0 unspecified atom stereocenters. The van der Waals surface area contributed by atoms with E-state index in [0.29, 0.717) is 5.56 Å². The summed E-state index contributed by atoms with van der Waals surface area (Å²) in [7, 11) is 0. The lowest BCUT2D eigenvalue weighted by molar-refractivity contribution is 0.000628. The van der Waals surface area contributed by atoms with Crippen LogP contribution in [0.15, 0.2) is 60.7 Å². The molecule has 0 aromatic heterocycles. The summed E-state index contributed by atoms with van der Waals surface area (Å²) in [6.07, 6.45) is 1.52. The van der Waals surface area contributed by atoms with Crippen LogP contribution in [0.3, 0.4) is 0 Å². The molecule has 22 heavy (non-hydrogen) atoms. The largest absolute Gasteiger partial charge is 0.455 e. The van der Waals surface area contributed by atoms with E-state index in [2.05, 4.69) is 19.1 Å². The standard InChI is InChI=1S/C19H18O3/c1-18-13-12-16(21-17(20)14-8-4-2-5-9-14)19(18,22-18)15-10-6-3-7-11-15/h2-11,16H,12-13H2,1H3/t16-,18+,19-/m0/s1. The van der Waals surface area contributed by atoms with Crippen LogP contribution in [-0.2, 0) is 15.1 Å². The van der Waals surface area contributed by atoms with E-state index >= 15 is 0 Å². The highest BCUT2D eigenvalue weighted by Gasteiger charge is 2.76. The number of carbonyl (C=O) groups is 1. The highest BCUT2D eigenvalue weighted by atomic mass is 16.7. The summed E-state index contributed by atoms with van der Waals surface area (Å²) >= 11 is 0. The Balaban J connectivity index is 1.62. The zero-order valence-corrected chi connectivity index (χ0v) is 12.5. The van der Waals surface area contributed by atoms with Crippen molar-refractivity contribution < 1.29 is 14.3 Å². The predicted molar refractivity (Wildman–Crippen MR) is 82.5 cm³/mol. The maximum Gasteiger partial charge on any atom is 0.338 e. The van der Waals surface area contributed by atoms with Gasteiger partial charge in [0.05, 0.1) is 5.56 Å². The van der Waals surface area contributed by atoms with E-state index in [-0.39, 0.29) is 17.7 Å². The van der Waals surface area contributed by atoms with E-state index in [9.17, 15) is 4.79 Å². The van der Waals surface area contributed by atoms with Crippen LogP contribution in [0.25, 0.3) is 0 Å². The quantitative estimate of drug-likeness (QED) is 0.640. The highest BCUT2D eigenvalue weighted by Crippen LogP contribution is 2.66. The molecule has 0 bridgehead atoms. The third-order valence-electron chi connectivity index (χ3n) is 4.93. The molecule has 2 aliphatic rings. The first kappa shape index (κ1) is 13.5. The zero-order chi connectivity index (χ0) is 15.2. The maximum atomic E-state index is 12.4. The number of esters is 1. The molecule has 1 aliphatic carbocycles. The van der Waals surface area contributed by atoms with Gasteiger partial charge in [-0.15, -0.1) is 0 Å². The van der Waals surface area contributed by atoms with Crippen molar-refractivity contribution in [2.75, 3.05) is 0 Å². The second kappa shape index (κ2) is 4.68. The number of hydrogen-bond donors (Lipinski definition) is 0. The minimum atomic E-state index is -0.474. The Hall–Kier alpha value is -2.13. The summed E-state index contributed by atoms with van der Waals surface area (Å²) in [6.45, 7) is 2.11. The zero-order valence-electron chi connectivity index (χ0n) is 12.5. The van der Waals surface area contributed by atoms with Crippen LogP contribution in [0.1, 0.15) is 35.7 Å². The number of fused-ring (bicyclic) bond motifs is 1. The van der Waals surface area contributed by atoms with Gasteiger partial charge in [-0.05, 0) is 37.5 Å². The first-order chi connectivity index (χ1) is 10.7. The van der Waals surface area contributed by atoms with Gasteiger partial charge in [-0.2, -0.15) is 0 Å². The molecule has 1 saturated carbocycles. The first-order valence-electron chi connectivity index (χ1n) is 7.67. The Labute approximate surface area is 129 Å². The number of benzene rings is 2. The highest BCUT2D eigenvalue weighted by molar-refractivity contribution is 5.89. The van der Waals surface area contributed by atoms with E-state index in [4.69, 9.17) is 9.47 Å². The fourth-order valence-corrected chi connectivity index (χ4v) is 3.73. The molecule has 2 fully saturated rings. The van der Waals surface area contributed by atoms with Gasteiger partial charge >= 0.3 is 5.97 Å². The van der Waals surface area contributed by atoms with Crippen LogP contribution in [0.4, 0.5) is 0 Å². The monoisotopic (exact) mass is 294 g/mol. The Kier molecular flexibility index (Phi) is 2.88. The van der Waals surface area contributed by atoms with E-state index in [0.717, 1.165) is 18.4 Å². The smallest absolute Gasteiger partial charge is 0.338 e. The summed E-state index contributed by atoms with van der Waals surface area (Å²) in [5.74, 6) is -0.277. The molecule has 0 radical (unpaired) electrons. The molecule has 112 valence electrons. The molecule has 0 spiro atoms. The second-order valence-corrected chi connectivity index (χ2v) is 6.23. The third kappa shape index (κ3) is 1.82. The van der Waals surface area contributed by atoms with Crippen LogP contribution < -0.4 is 0 Å². The van der Waals surface area contributed by atoms with Gasteiger partial charge in [0.2, 0.25) is 0 Å². The molecule has 0 amide bonds. The Morgan fingerprint density at radius 3 is 2.36 bits per heavy atom. The fraction of sp³-hybridized carbons (Fsp3) is 0.316. The van der Waals surface area contributed by atoms with Crippen molar-refractivity contribution in [3.8, 4) is 0 Å². The molecule has 2 aromatic rings. The molecule has 4 rings (SSSR count). The molecule has 0 N–H and O–H groups in total. The maximum absolute atomic E-state index is 12.4. The fourth-order valence-electron chi connectivity index (χ4n) is 3.73. The van der Waals surface area contributed by atoms with Crippen molar-refractivity contribution in [2.24, 2.45) is 0 Å². The third-order valence-corrected chi connectivity index (χ3v) is 4.93. The lowest BCUT2D eigenvalue weighted by Gasteiger charge is -2.21. The Morgan fingerprint density at radius 1 is 1.09 bits per heavy atom. The van der Waals surface area contributed by atoms with Crippen LogP contribution in [0.2, 0.25) is 0 Å². The van der Waals surface area contributed by atoms with E-state index in [1.165, 1.54) is 0 Å². The molecular formula is C19H18O3. The van der Waals surface area contributed by atoms with Gasteiger partial charge < -0.3 is 9.47 Å². The van der Waals surface area contributed by atoms with Gasteiger partial charge in [-0.25, -0.2) is 4.79 Å². The van der Waals surface area contributed by atoms with Gasteiger partial charge in [-0.3, -0.25) is 0 Å². The number of ether oxygens (including phenoxy) is 2. The molecule has 3 heteroatoms. The lowest BCUT2D eigenvalue weighted by Crippen LogP contribution is -2.31. The van der Waals surface area contributed by atoms with Crippen LogP contribution in [0.5, 0.6) is 0 Å². The van der Waals surface area contributed by atoms with Crippen molar-refractivity contribution in [3.63, 3.8) is 0 Å². The molecule has 1 heterocycles. The number of epoxide rings is 1. The normalized spacial score (nSPS) is 32.3. The molecule has 3 atom stereocenters. The SMILES string of the molecule is C[C@@]12CC[C@H](OC(=O)c3ccccc3)[C@]1(c1ccccc1)O2. The second-order valence-electron chi connectivity index (χ2n) is 6.23. The van der Waals surface area contributed by atoms with Crippen molar-refractivity contribution in [1.29, 1.82) is 0 Å². The number of hydrogen-bond acceptors (Lipinski definition) is 3. The minimum absolute atomic E-state index is 0.212. The summed E-state index contributed by atoms with van der Waals surface area (Å²) in [4.78, 5) is 12.4. The molecule has 1 aliphatic heterocycles. The lowest BCUT2D eigenvalue weighted by atomic mass is 9.88.